The smallest absolute Gasteiger partial charge is 0.332 e. The summed E-state index contributed by atoms with van der Waals surface area (Å²) in [7, 11) is 1.91. The Hall–Kier alpha value is -3.39. The number of hydrogen-bond donors (Lipinski definition) is 0. The van der Waals surface area contributed by atoms with Gasteiger partial charge in [0.15, 0.2) is 0 Å². The molecule has 2 aromatic carbocycles. The van der Waals surface area contributed by atoms with Crippen molar-refractivity contribution in [2.45, 2.75) is 13.8 Å². The molecule has 0 aliphatic heterocycles. The van der Waals surface area contributed by atoms with Gasteiger partial charge in [0.25, 0.3) is 0 Å². The molecule has 2 heterocycles. The molecule has 0 bridgehead atoms. The van der Waals surface area contributed by atoms with Crippen LogP contribution in [0.4, 0.5) is 11.4 Å². The summed E-state index contributed by atoms with van der Waals surface area (Å²) in [4.78, 5) is 11.5. The van der Waals surface area contributed by atoms with Crippen LogP contribution in [0.5, 0.6) is 11.5 Å². The van der Waals surface area contributed by atoms with E-state index in [4.69, 9.17) is 23.5 Å². The molecule has 4 rings (SSSR count). The number of fused-ring (bicyclic) bond motifs is 1. The van der Waals surface area contributed by atoms with Gasteiger partial charge in [-0.15, -0.1) is 0 Å². The Morgan fingerprint density at radius 1 is 0.919 bits per heavy atom. The van der Waals surface area contributed by atoms with Crippen LogP contribution >= 0.6 is 7.60 Å². The first-order valence-electron chi connectivity index (χ1n) is 12.2. The van der Waals surface area contributed by atoms with Crippen LogP contribution in [0.2, 0.25) is 0 Å². The lowest BCUT2D eigenvalue weighted by molar-refractivity contribution is 0.220. The Bertz CT molecular complexity index is 1370. The summed E-state index contributed by atoms with van der Waals surface area (Å²) in [5, 5.41) is 0. The van der Waals surface area contributed by atoms with Crippen LogP contribution in [0, 0.1) is 0 Å². The molecule has 196 valence electrons. The maximum atomic E-state index is 13.3. The second-order valence-corrected chi connectivity index (χ2v) is 10.6. The lowest BCUT2D eigenvalue weighted by Crippen LogP contribution is -2.22. The molecule has 4 aromatic rings. The van der Waals surface area contributed by atoms with Crippen LogP contribution in [-0.2, 0) is 20.7 Å². The molecule has 0 N–H and O–H groups in total. The number of aryl methyl sites for hydroxylation is 1. The lowest BCUT2D eigenvalue weighted by Gasteiger charge is -2.28. The van der Waals surface area contributed by atoms with Crippen molar-refractivity contribution in [3.05, 3.63) is 61.1 Å². The number of ether oxygens (including phenoxy) is 2. The van der Waals surface area contributed by atoms with Gasteiger partial charge >= 0.3 is 7.60 Å². The zero-order chi connectivity index (χ0) is 26.4. The van der Waals surface area contributed by atoms with Crippen molar-refractivity contribution in [1.82, 2.24) is 14.5 Å². The fourth-order valence-electron chi connectivity index (χ4n) is 4.10. The molecule has 0 spiro atoms. The number of rotatable bonds is 12. The van der Waals surface area contributed by atoms with Gasteiger partial charge < -0.3 is 28.0 Å². The van der Waals surface area contributed by atoms with E-state index in [-0.39, 0.29) is 6.16 Å². The Morgan fingerprint density at radius 2 is 1.62 bits per heavy atom. The maximum absolute atomic E-state index is 13.3. The summed E-state index contributed by atoms with van der Waals surface area (Å²) in [5.74, 6) is 1.29. The van der Waals surface area contributed by atoms with Gasteiger partial charge in [0.1, 0.15) is 11.5 Å². The quantitative estimate of drug-likeness (QED) is 0.207. The minimum absolute atomic E-state index is 0.196. The van der Waals surface area contributed by atoms with Crippen LogP contribution in [0.15, 0.2) is 61.1 Å². The van der Waals surface area contributed by atoms with Crippen LogP contribution in [0.3, 0.4) is 0 Å². The largest absolute Gasteiger partial charge is 0.497 e. The predicted octanol–water partition coefficient (Wildman–Crippen LogP) is 6.06. The highest BCUT2D eigenvalue weighted by Crippen LogP contribution is 2.48. The molecule has 0 saturated carbocycles. The Kier molecular flexibility index (Phi) is 8.48. The zero-order valence-corrected chi connectivity index (χ0v) is 22.8. The molecule has 2 aromatic heterocycles. The standard InChI is InChI=1S/C27H33N4O5P/c1-6-35-37(32,36-7-2)13-12-31(22-14-23(33-4)17-24(15-22)34-5)21-8-9-25-26(16-21)29-27(18-28-25)20-10-11-30(3)19-20/h8-11,14-19H,6-7,12-13H2,1-5H3. The van der Waals surface area contributed by atoms with E-state index >= 15 is 0 Å². The van der Waals surface area contributed by atoms with E-state index < -0.39 is 7.60 Å². The topological polar surface area (TPSA) is 87.9 Å². The number of hydrogen-bond acceptors (Lipinski definition) is 8. The highest BCUT2D eigenvalue weighted by molar-refractivity contribution is 7.53. The Balaban J connectivity index is 1.78. The molecule has 10 heteroatoms. The molecule has 0 unspecified atom stereocenters. The number of nitrogens with zero attached hydrogens (tertiary/aromatic N) is 4. The van der Waals surface area contributed by atoms with E-state index in [1.807, 2.05) is 85.2 Å². The van der Waals surface area contributed by atoms with Crippen LogP contribution < -0.4 is 14.4 Å². The first-order valence-corrected chi connectivity index (χ1v) is 13.9. The molecule has 0 atom stereocenters. The summed E-state index contributed by atoms with van der Waals surface area (Å²) in [6.45, 7) is 4.59. The molecule has 0 fully saturated rings. The van der Waals surface area contributed by atoms with Crippen molar-refractivity contribution >= 4 is 30.0 Å². The average molecular weight is 525 g/mol. The molecular weight excluding hydrogens is 491 g/mol. The number of methoxy groups -OCH3 is 2. The van der Waals surface area contributed by atoms with E-state index in [9.17, 15) is 4.57 Å². The Labute approximate surface area is 217 Å². The van der Waals surface area contributed by atoms with Gasteiger partial charge in [-0.3, -0.25) is 9.55 Å². The SMILES string of the molecule is CCOP(=O)(CCN(c1cc(OC)cc(OC)c1)c1ccc2ncc(-c3ccn(C)c3)nc2c1)OCC. The third kappa shape index (κ3) is 6.31. The van der Waals surface area contributed by atoms with Crippen molar-refractivity contribution in [1.29, 1.82) is 0 Å². The van der Waals surface area contributed by atoms with Crippen molar-refractivity contribution in [3.8, 4) is 22.8 Å². The lowest BCUT2D eigenvalue weighted by atomic mass is 10.2. The van der Waals surface area contributed by atoms with Gasteiger partial charge in [-0.2, -0.15) is 0 Å². The molecule has 37 heavy (non-hydrogen) atoms. The van der Waals surface area contributed by atoms with Crippen molar-refractivity contribution in [2.24, 2.45) is 7.05 Å². The van der Waals surface area contributed by atoms with Crippen LogP contribution in [0.25, 0.3) is 22.3 Å². The molecule has 9 nitrogen and oxygen atoms in total. The molecular formula is C27H33N4O5P. The molecule has 0 saturated heterocycles. The second-order valence-electron chi connectivity index (χ2n) is 8.39. The highest BCUT2D eigenvalue weighted by Gasteiger charge is 2.26. The van der Waals surface area contributed by atoms with Gasteiger partial charge in [-0.05, 0) is 38.1 Å². The maximum Gasteiger partial charge on any atom is 0.332 e. The van der Waals surface area contributed by atoms with Crippen LogP contribution in [0.1, 0.15) is 13.8 Å². The second kappa shape index (κ2) is 11.8. The monoisotopic (exact) mass is 524 g/mol. The van der Waals surface area contributed by atoms with E-state index in [1.165, 1.54) is 0 Å². The van der Waals surface area contributed by atoms with Gasteiger partial charge in [0.05, 0.1) is 56.5 Å². The van der Waals surface area contributed by atoms with E-state index in [2.05, 4.69) is 4.98 Å². The van der Waals surface area contributed by atoms with E-state index in [0.29, 0.717) is 31.3 Å². The van der Waals surface area contributed by atoms with Crippen molar-refractivity contribution in [3.63, 3.8) is 0 Å². The molecule has 0 radical (unpaired) electrons. The fourth-order valence-corrected chi connectivity index (χ4v) is 5.66. The normalized spacial score (nSPS) is 11.6. The summed E-state index contributed by atoms with van der Waals surface area (Å²) in [6, 6.07) is 13.5. The number of aromatic nitrogens is 3. The van der Waals surface area contributed by atoms with Crippen molar-refractivity contribution < 1.29 is 23.1 Å². The molecule has 0 aliphatic carbocycles. The van der Waals surface area contributed by atoms with E-state index in [0.717, 1.165) is 33.7 Å². The predicted molar refractivity (Wildman–Crippen MR) is 146 cm³/mol. The zero-order valence-electron chi connectivity index (χ0n) is 21.9. The summed E-state index contributed by atoms with van der Waals surface area (Å²) in [5.41, 5.74) is 4.96. The summed E-state index contributed by atoms with van der Waals surface area (Å²) >= 11 is 0. The molecule has 0 amide bonds. The van der Waals surface area contributed by atoms with Crippen LogP contribution in [-0.4, -0.2) is 54.7 Å². The minimum atomic E-state index is -3.28. The van der Waals surface area contributed by atoms with Gasteiger partial charge in [-0.1, -0.05) is 0 Å². The average Bonchev–Trinajstić information content (AvgIpc) is 3.34. The summed E-state index contributed by atoms with van der Waals surface area (Å²) in [6.07, 6.45) is 5.96. The van der Waals surface area contributed by atoms with E-state index in [1.54, 1.807) is 20.4 Å². The minimum Gasteiger partial charge on any atom is -0.497 e. The summed E-state index contributed by atoms with van der Waals surface area (Å²) < 4.78 is 37.4. The number of benzene rings is 2. The van der Waals surface area contributed by atoms with Gasteiger partial charge in [-0.25, -0.2) is 4.98 Å². The third-order valence-electron chi connectivity index (χ3n) is 5.86. The highest BCUT2D eigenvalue weighted by atomic mass is 31.2. The fraction of sp³-hybridized carbons (Fsp3) is 0.333. The number of anilines is 2. The van der Waals surface area contributed by atoms with Crippen molar-refractivity contribution in [2.75, 3.05) is 45.0 Å². The molecule has 0 aliphatic rings. The Morgan fingerprint density at radius 3 is 2.22 bits per heavy atom. The van der Waals surface area contributed by atoms with Gasteiger partial charge in [0, 0.05) is 61.1 Å². The third-order valence-corrected chi connectivity index (χ3v) is 7.91. The first kappa shape index (κ1) is 26.7. The first-order chi connectivity index (χ1) is 17.9. The van der Waals surface area contributed by atoms with Gasteiger partial charge in [0.2, 0.25) is 0 Å².